The Kier molecular flexibility index (Phi) is 7.41. The summed E-state index contributed by atoms with van der Waals surface area (Å²) in [4.78, 5) is 12.9. The standard InChI is InChI=1S/C14H26F3N3O2/c1-10(2)12(21)3-5-18-13(22)19-7-11-4-6-20(8-11)9-14(15,16)17/h10-12,21H,3-9H2,1-2H3,(H2,18,19,22). The van der Waals surface area contributed by atoms with E-state index in [-0.39, 0.29) is 17.9 Å². The molecule has 0 spiro atoms. The molecule has 22 heavy (non-hydrogen) atoms. The van der Waals surface area contributed by atoms with Gasteiger partial charge in [-0.3, -0.25) is 4.90 Å². The summed E-state index contributed by atoms with van der Waals surface area (Å²) in [5.74, 6) is 0.192. The van der Waals surface area contributed by atoms with Crippen LogP contribution in [0, 0.1) is 11.8 Å². The maximum absolute atomic E-state index is 12.3. The molecule has 2 unspecified atom stereocenters. The van der Waals surface area contributed by atoms with Gasteiger partial charge in [-0.15, -0.1) is 0 Å². The van der Waals surface area contributed by atoms with Crippen LogP contribution >= 0.6 is 0 Å². The number of nitrogens with one attached hydrogen (secondary N) is 2. The van der Waals surface area contributed by atoms with Gasteiger partial charge in [0.05, 0.1) is 12.6 Å². The highest BCUT2D eigenvalue weighted by molar-refractivity contribution is 5.73. The summed E-state index contributed by atoms with van der Waals surface area (Å²) in [5.41, 5.74) is 0. The second-order valence-corrected chi connectivity index (χ2v) is 6.24. The van der Waals surface area contributed by atoms with Crippen molar-refractivity contribution in [2.75, 3.05) is 32.7 Å². The Hall–Kier alpha value is -1.02. The normalized spacial score (nSPS) is 21.1. The van der Waals surface area contributed by atoms with Crippen molar-refractivity contribution in [3.05, 3.63) is 0 Å². The highest BCUT2D eigenvalue weighted by atomic mass is 19.4. The maximum atomic E-state index is 12.3. The first-order chi connectivity index (χ1) is 10.2. The number of aliphatic hydroxyl groups is 1. The number of rotatable bonds is 7. The van der Waals surface area contributed by atoms with Crippen molar-refractivity contribution in [1.29, 1.82) is 0 Å². The molecule has 0 saturated carbocycles. The van der Waals surface area contributed by atoms with E-state index in [1.807, 2.05) is 13.8 Å². The van der Waals surface area contributed by atoms with Gasteiger partial charge >= 0.3 is 12.2 Å². The monoisotopic (exact) mass is 325 g/mol. The Morgan fingerprint density at radius 1 is 1.36 bits per heavy atom. The molecule has 0 aromatic carbocycles. The lowest BCUT2D eigenvalue weighted by molar-refractivity contribution is -0.143. The molecular formula is C14H26F3N3O2. The first-order valence-corrected chi connectivity index (χ1v) is 7.66. The quantitative estimate of drug-likeness (QED) is 0.666. The summed E-state index contributed by atoms with van der Waals surface area (Å²) in [5, 5.41) is 14.9. The molecule has 8 heteroatoms. The van der Waals surface area contributed by atoms with Crippen LogP contribution in [0.15, 0.2) is 0 Å². The Bertz CT molecular complexity index is 351. The first-order valence-electron chi connectivity index (χ1n) is 7.66. The third kappa shape index (κ3) is 7.84. The van der Waals surface area contributed by atoms with E-state index in [0.717, 1.165) is 0 Å². The van der Waals surface area contributed by atoms with Crippen molar-refractivity contribution in [3.63, 3.8) is 0 Å². The van der Waals surface area contributed by atoms with Gasteiger partial charge in [0.25, 0.3) is 0 Å². The molecule has 2 amide bonds. The molecule has 0 aromatic heterocycles. The SMILES string of the molecule is CC(C)C(O)CCNC(=O)NCC1CCN(CC(F)(F)F)C1. The lowest BCUT2D eigenvalue weighted by atomic mass is 10.0. The molecule has 1 aliphatic heterocycles. The Balaban J connectivity index is 2.12. The summed E-state index contributed by atoms with van der Waals surface area (Å²) >= 11 is 0. The molecule has 3 N–H and O–H groups in total. The molecule has 0 aliphatic carbocycles. The number of urea groups is 1. The van der Waals surface area contributed by atoms with Gasteiger partial charge in [0.15, 0.2) is 0 Å². The summed E-state index contributed by atoms with van der Waals surface area (Å²) in [6.45, 7) is 4.42. The number of carbonyl (C=O) groups excluding carboxylic acids is 1. The van der Waals surface area contributed by atoms with Crippen LogP contribution in [0.3, 0.4) is 0 Å². The van der Waals surface area contributed by atoms with Crippen LogP contribution in [-0.4, -0.2) is 61.0 Å². The van der Waals surface area contributed by atoms with Crippen molar-refractivity contribution in [3.8, 4) is 0 Å². The van der Waals surface area contributed by atoms with Crippen molar-refractivity contribution in [1.82, 2.24) is 15.5 Å². The van der Waals surface area contributed by atoms with E-state index < -0.39 is 18.8 Å². The van der Waals surface area contributed by atoms with Crippen molar-refractivity contribution in [2.24, 2.45) is 11.8 Å². The number of alkyl halides is 3. The van der Waals surface area contributed by atoms with E-state index in [1.165, 1.54) is 4.90 Å². The third-order valence-corrected chi connectivity index (χ3v) is 3.82. The molecule has 0 aromatic rings. The molecule has 1 saturated heterocycles. The van der Waals surface area contributed by atoms with Gasteiger partial charge in [-0.25, -0.2) is 4.79 Å². The zero-order chi connectivity index (χ0) is 16.8. The number of hydrogen-bond donors (Lipinski definition) is 3. The summed E-state index contributed by atoms with van der Waals surface area (Å²) < 4.78 is 36.8. The van der Waals surface area contributed by atoms with E-state index in [9.17, 15) is 23.1 Å². The average Bonchev–Trinajstić information content (AvgIpc) is 2.81. The summed E-state index contributed by atoms with van der Waals surface area (Å²) in [6.07, 6.45) is -3.49. The minimum Gasteiger partial charge on any atom is -0.393 e. The van der Waals surface area contributed by atoms with Gasteiger partial charge in [-0.05, 0) is 31.2 Å². The van der Waals surface area contributed by atoms with Crippen LogP contribution in [0.2, 0.25) is 0 Å². The first kappa shape index (κ1) is 19.0. The van der Waals surface area contributed by atoms with E-state index in [1.54, 1.807) is 0 Å². The second kappa shape index (κ2) is 8.57. The number of nitrogens with zero attached hydrogens (tertiary/aromatic N) is 1. The minimum atomic E-state index is -4.17. The van der Waals surface area contributed by atoms with Gasteiger partial charge in [-0.2, -0.15) is 13.2 Å². The van der Waals surface area contributed by atoms with E-state index in [0.29, 0.717) is 39.0 Å². The fraction of sp³-hybridized carbons (Fsp3) is 0.929. The number of likely N-dealkylation sites (tertiary alicyclic amines) is 1. The molecule has 1 rings (SSSR count). The largest absolute Gasteiger partial charge is 0.401 e. The predicted molar refractivity (Wildman–Crippen MR) is 77.5 cm³/mol. The third-order valence-electron chi connectivity index (χ3n) is 3.82. The zero-order valence-corrected chi connectivity index (χ0v) is 13.1. The highest BCUT2D eigenvalue weighted by Crippen LogP contribution is 2.22. The van der Waals surface area contributed by atoms with E-state index in [4.69, 9.17) is 0 Å². The maximum Gasteiger partial charge on any atom is 0.401 e. The number of carbonyl (C=O) groups is 1. The van der Waals surface area contributed by atoms with Crippen LogP contribution < -0.4 is 10.6 Å². The lowest BCUT2D eigenvalue weighted by Gasteiger charge is -2.18. The molecule has 0 radical (unpaired) electrons. The molecule has 5 nitrogen and oxygen atoms in total. The van der Waals surface area contributed by atoms with Crippen LogP contribution in [0.25, 0.3) is 0 Å². The zero-order valence-electron chi connectivity index (χ0n) is 13.1. The summed E-state index contributed by atoms with van der Waals surface area (Å²) in [6, 6.07) is -0.342. The van der Waals surface area contributed by atoms with Crippen molar-refractivity contribution in [2.45, 2.75) is 39.0 Å². The Morgan fingerprint density at radius 2 is 2.05 bits per heavy atom. The number of halogens is 3. The molecule has 130 valence electrons. The van der Waals surface area contributed by atoms with Gasteiger partial charge < -0.3 is 15.7 Å². The number of hydrogen-bond acceptors (Lipinski definition) is 3. The minimum absolute atomic E-state index is 0.0503. The fourth-order valence-electron chi connectivity index (χ4n) is 2.44. The average molecular weight is 325 g/mol. The van der Waals surface area contributed by atoms with Crippen LogP contribution in [0.5, 0.6) is 0 Å². The number of aliphatic hydroxyl groups excluding tert-OH is 1. The topological polar surface area (TPSA) is 64.6 Å². The molecule has 0 bridgehead atoms. The fourth-order valence-corrected chi connectivity index (χ4v) is 2.44. The van der Waals surface area contributed by atoms with Crippen LogP contribution in [0.1, 0.15) is 26.7 Å². The molecular weight excluding hydrogens is 299 g/mol. The molecule has 1 fully saturated rings. The lowest BCUT2D eigenvalue weighted by Crippen LogP contribution is -2.40. The smallest absolute Gasteiger partial charge is 0.393 e. The Labute approximate surface area is 129 Å². The second-order valence-electron chi connectivity index (χ2n) is 6.24. The Morgan fingerprint density at radius 3 is 2.64 bits per heavy atom. The van der Waals surface area contributed by atoms with E-state index >= 15 is 0 Å². The van der Waals surface area contributed by atoms with Gasteiger partial charge in [-0.1, -0.05) is 13.8 Å². The van der Waals surface area contributed by atoms with Crippen molar-refractivity contribution >= 4 is 6.03 Å². The van der Waals surface area contributed by atoms with Gasteiger partial charge in [0.2, 0.25) is 0 Å². The van der Waals surface area contributed by atoms with Gasteiger partial charge in [0, 0.05) is 19.6 Å². The van der Waals surface area contributed by atoms with Gasteiger partial charge in [0.1, 0.15) is 0 Å². The molecule has 1 heterocycles. The number of amides is 2. The van der Waals surface area contributed by atoms with Crippen LogP contribution in [-0.2, 0) is 0 Å². The van der Waals surface area contributed by atoms with Crippen molar-refractivity contribution < 1.29 is 23.1 Å². The van der Waals surface area contributed by atoms with Crippen LogP contribution in [0.4, 0.5) is 18.0 Å². The molecule has 2 atom stereocenters. The molecule has 1 aliphatic rings. The highest BCUT2D eigenvalue weighted by Gasteiger charge is 2.34. The van der Waals surface area contributed by atoms with E-state index in [2.05, 4.69) is 10.6 Å². The predicted octanol–water partition coefficient (Wildman–Crippen LogP) is 1.58. The summed E-state index contributed by atoms with van der Waals surface area (Å²) in [7, 11) is 0.